The van der Waals surface area contributed by atoms with Crippen LogP contribution in [0.15, 0.2) is 18.3 Å². The lowest BCUT2D eigenvalue weighted by Crippen LogP contribution is -2.27. The van der Waals surface area contributed by atoms with Crippen LogP contribution in [0.3, 0.4) is 0 Å². The summed E-state index contributed by atoms with van der Waals surface area (Å²) in [6, 6.07) is 4.57. The molecule has 1 saturated carbocycles. The average molecular weight is 244 g/mol. The molecular weight excluding hydrogens is 224 g/mol. The van der Waals surface area contributed by atoms with Crippen molar-refractivity contribution in [3.8, 4) is 0 Å². The van der Waals surface area contributed by atoms with Crippen molar-refractivity contribution in [1.29, 1.82) is 0 Å². The van der Waals surface area contributed by atoms with Crippen LogP contribution in [0.2, 0.25) is 0 Å². The first-order valence-corrected chi connectivity index (χ1v) is 6.74. The van der Waals surface area contributed by atoms with E-state index in [0.717, 1.165) is 23.4 Å². The zero-order chi connectivity index (χ0) is 12.7. The molecule has 1 unspecified atom stereocenters. The number of hydrogen-bond acceptors (Lipinski definition) is 3. The summed E-state index contributed by atoms with van der Waals surface area (Å²) < 4.78 is 2.22. The van der Waals surface area contributed by atoms with Gasteiger partial charge in [-0.2, -0.15) is 0 Å². The van der Waals surface area contributed by atoms with Crippen LogP contribution in [-0.2, 0) is 6.42 Å². The van der Waals surface area contributed by atoms with Crippen LogP contribution in [0.5, 0.6) is 0 Å². The van der Waals surface area contributed by atoms with Crippen molar-refractivity contribution in [2.75, 3.05) is 0 Å². The second-order valence-electron chi connectivity index (χ2n) is 5.54. The van der Waals surface area contributed by atoms with Crippen LogP contribution in [-0.4, -0.2) is 20.6 Å². The number of rotatable bonds is 4. The third-order valence-electron chi connectivity index (χ3n) is 3.68. The molecule has 2 heterocycles. The van der Waals surface area contributed by atoms with Crippen molar-refractivity contribution in [2.45, 2.75) is 45.2 Å². The van der Waals surface area contributed by atoms with E-state index in [0.29, 0.717) is 12.0 Å². The number of nitrogens with zero attached hydrogens (tertiary/aromatic N) is 3. The molecule has 0 bridgehead atoms. The van der Waals surface area contributed by atoms with Gasteiger partial charge in [0.15, 0.2) is 5.65 Å². The highest BCUT2D eigenvalue weighted by atomic mass is 15.1. The highest BCUT2D eigenvalue weighted by Crippen LogP contribution is 2.33. The summed E-state index contributed by atoms with van der Waals surface area (Å²) in [6.07, 6.45) is 5.25. The highest BCUT2D eigenvalue weighted by molar-refractivity contribution is 5.71. The lowest BCUT2D eigenvalue weighted by atomic mass is 10.1. The molecule has 0 spiro atoms. The molecule has 4 nitrogen and oxygen atoms in total. The quantitative estimate of drug-likeness (QED) is 0.897. The van der Waals surface area contributed by atoms with Gasteiger partial charge in [-0.15, -0.1) is 0 Å². The van der Waals surface area contributed by atoms with Crippen molar-refractivity contribution in [1.82, 2.24) is 14.5 Å². The number of pyridine rings is 1. The Morgan fingerprint density at radius 1 is 1.44 bits per heavy atom. The van der Waals surface area contributed by atoms with Crippen LogP contribution in [0, 0.1) is 5.92 Å². The predicted octanol–water partition coefficient (Wildman–Crippen LogP) is 2.29. The Morgan fingerprint density at radius 3 is 2.89 bits per heavy atom. The van der Waals surface area contributed by atoms with Gasteiger partial charge >= 0.3 is 0 Å². The normalized spacial score (nSPS) is 17.6. The fraction of sp³-hybridized carbons (Fsp3) is 0.571. The first-order chi connectivity index (χ1) is 8.66. The minimum Gasteiger partial charge on any atom is -0.327 e. The van der Waals surface area contributed by atoms with Gasteiger partial charge in [0.25, 0.3) is 0 Å². The van der Waals surface area contributed by atoms with Gasteiger partial charge in [0.1, 0.15) is 11.3 Å². The number of imidazole rings is 1. The topological polar surface area (TPSA) is 56.7 Å². The maximum absolute atomic E-state index is 6.23. The molecule has 2 aromatic heterocycles. The zero-order valence-electron chi connectivity index (χ0n) is 11.0. The first-order valence-electron chi connectivity index (χ1n) is 6.74. The molecule has 96 valence electrons. The molecule has 2 aromatic rings. The maximum Gasteiger partial charge on any atom is 0.160 e. The van der Waals surface area contributed by atoms with E-state index in [1.54, 1.807) is 0 Å². The molecule has 1 aliphatic carbocycles. The molecule has 0 saturated heterocycles. The van der Waals surface area contributed by atoms with Crippen LogP contribution >= 0.6 is 0 Å². The third-order valence-corrected chi connectivity index (χ3v) is 3.68. The molecule has 0 aromatic carbocycles. The van der Waals surface area contributed by atoms with Crippen LogP contribution in [0.4, 0.5) is 0 Å². The molecule has 0 radical (unpaired) electrons. The van der Waals surface area contributed by atoms with Crippen LogP contribution < -0.4 is 5.73 Å². The van der Waals surface area contributed by atoms with Crippen LogP contribution in [0.25, 0.3) is 11.2 Å². The van der Waals surface area contributed by atoms with E-state index in [1.807, 2.05) is 18.3 Å². The minimum atomic E-state index is 0.249. The predicted molar refractivity (Wildman–Crippen MR) is 72.3 cm³/mol. The van der Waals surface area contributed by atoms with Crippen molar-refractivity contribution in [2.24, 2.45) is 11.7 Å². The molecule has 2 N–H and O–H groups in total. The Hall–Kier alpha value is -1.42. The van der Waals surface area contributed by atoms with Crippen molar-refractivity contribution >= 4 is 11.2 Å². The summed E-state index contributed by atoms with van der Waals surface area (Å²) >= 11 is 0. The van der Waals surface area contributed by atoms with E-state index in [-0.39, 0.29) is 6.04 Å². The van der Waals surface area contributed by atoms with Gasteiger partial charge in [-0.25, -0.2) is 9.97 Å². The summed E-state index contributed by atoms with van der Waals surface area (Å²) in [7, 11) is 0. The largest absolute Gasteiger partial charge is 0.327 e. The smallest absolute Gasteiger partial charge is 0.160 e. The van der Waals surface area contributed by atoms with Gasteiger partial charge in [0, 0.05) is 24.7 Å². The molecule has 0 amide bonds. The Morgan fingerprint density at radius 2 is 2.22 bits per heavy atom. The Bertz CT molecular complexity index is 554. The summed E-state index contributed by atoms with van der Waals surface area (Å²) in [5, 5.41) is 0. The second-order valence-corrected chi connectivity index (χ2v) is 5.54. The van der Waals surface area contributed by atoms with Gasteiger partial charge in [-0.05, 0) is 44.7 Å². The molecule has 18 heavy (non-hydrogen) atoms. The monoisotopic (exact) mass is 244 g/mol. The number of aromatic nitrogens is 3. The molecule has 1 aliphatic rings. The lowest BCUT2D eigenvalue weighted by Gasteiger charge is -2.15. The molecule has 4 heteroatoms. The Balaban J connectivity index is 2.01. The standard InChI is InChI=1S/C14H20N4/c1-9(2)18-13(8-11(15)10-5-6-10)17-12-4-3-7-16-14(12)18/h3-4,7,9-11H,5-6,8,15H2,1-2H3. The molecule has 0 aliphatic heterocycles. The Kier molecular flexibility index (Phi) is 2.82. The van der Waals surface area contributed by atoms with Crippen LogP contribution in [0.1, 0.15) is 38.6 Å². The maximum atomic E-state index is 6.23. The molecule has 1 atom stereocenters. The first kappa shape index (κ1) is 11.7. The average Bonchev–Trinajstić information content (AvgIpc) is 3.10. The molecule has 3 rings (SSSR count). The van der Waals surface area contributed by atoms with Crippen molar-refractivity contribution in [3.63, 3.8) is 0 Å². The summed E-state index contributed by atoms with van der Waals surface area (Å²) in [5.74, 6) is 1.79. The second kappa shape index (κ2) is 4.35. The van der Waals surface area contributed by atoms with E-state index in [2.05, 4.69) is 23.4 Å². The van der Waals surface area contributed by atoms with E-state index in [1.165, 1.54) is 12.8 Å². The SMILES string of the molecule is CC(C)n1c(CC(N)C2CC2)nc2cccnc21. The van der Waals surface area contributed by atoms with Gasteiger partial charge in [0.05, 0.1) is 0 Å². The fourth-order valence-electron chi connectivity index (χ4n) is 2.56. The Labute approximate surface area is 107 Å². The number of fused-ring (bicyclic) bond motifs is 1. The number of hydrogen-bond donors (Lipinski definition) is 1. The van der Waals surface area contributed by atoms with Crippen molar-refractivity contribution in [3.05, 3.63) is 24.2 Å². The minimum absolute atomic E-state index is 0.249. The van der Waals surface area contributed by atoms with Gasteiger partial charge in [-0.1, -0.05) is 0 Å². The van der Waals surface area contributed by atoms with Gasteiger partial charge < -0.3 is 10.3 Å². The molecular formula is C14H20N4. The lowest BCUT2D eigenvalue weighted by molar-refractivity contribution is 0.524. The van der Waals surface area contributed by atoms with E-state index >= 15 is 0 Å². The van der Waals surface area contributed by atoms with Gasteiger partial charge in [-0.3, -0.25) is 0 Å². The van der Waals surface area contributed by atoms with E-state index < -0.39 is 0 Å². The molecule has 1 fully saturated rings. The van der Waals surface area contributed by atoms with E-state index in [4.69, 9.17) is 10.7 Å². The highest BCUT2D eigenvalue weighted by Gasteiger charge is 2.30. The zero-order valence-corrected chi connectivity index (χ0v) is 11.0. The fourth-order valence-corrected chi connectivity index (χ4v) is 2.56. The van der Waals surface area contributed by atoms with Crippen molar-refractivity contribution < 1.29 is 0 Å². The van der Waals surface area contributed by atoms with E-state index in [9.17, 15) is 0 Å². The van der Waals surface area contributed by atoms with Gasteiger partial charge in [0.2, 0.25) is 0 Å². The summed E-state index contributed by atoms with van der Waals surface area (Å²) in [4.78, 5) is 9.16. The third kappa shape index (κ3) is 2.01. The summed E-state index contributed by atoms with van der Waals surface area (Å²) in [5.41, 5.74) is 8.18. The number of nitrogens with two attached hydrogens (primary N) is 1. The summed E-state index contributed by atoms with van der Waals surface area (Å²) in [6.45, 7) is 4.34.